The van der Waals surface area contributed by atoms with Gasteiger partial charge in [0.1, 0.15) is 0 Å². The SMILES string of the molecule is CCCC(C)NS(=O)(=O)c1cc(CNC(C)C)ccc1Br. The summed E-state index contributed by atoms with van der Waals surface area (Å²) in [4.78, 5) is 0.300. The van der Waals surface area contributed by atoms with Crippen molar-refractivity contribution in [2.75, 3.05) is 0 Å². The van der Waals surface area contributed by atoms with Crippen LogP contribution in [0.3, 0.4) is 0 Å². The highest BCUT2D eigenvalue weighted by Crippen LogP contribution is 2.23. The van der Waals surface area contributed by atoms with Crippen molar-refractivity contribution in [2.45, 2.75) is 64.1 Å². The Morgan fingerprint density at radius 3 is 2.48 bits per heavy atom. The van der Waals surface area contributed by atoms with Gasteiger partial charge in [0.05, 0.1) is 4.90 Å². The molecule has 1 aromatic carbocycles. The standard InChI is InChI=1S/C15H25BrN2O2S/c1-5-6-12(4)18-21(19,20)15-9-13(7-8-14(15)16)10-17-11(2)3/h7-9,11-12,17-18H,5-6,10H2,1-4H3. The number of rotatable bonds is 8. The molecule has 0 saturated heterocycles. The van der Waals surface area contributed by atoms with Crippen LogP contribution in [-0.2, 0) is 16.6 Å². The maximum absolute atomic E-state index is 12.5. The highest BCUT2D eigenvalue weighted by Gasteiger charge is 2.20. The second-order valence-corrected chi connectivity index (χ2v) is 8.15. The molecule has 0 aliphatic heterocycles. The van der Waals surface area contributed by atoms with Gasteiger partial charge in [-0.2, -0.15) is 0 Å². The van der Waals surface area contributed by atoms with E-state index in [0.717, 1.165) is 18.4 Å². The van der Waals surface area contributed by atoms with Crippen LogP contribution in [0.1, 0.15) is 46.1 Å². The molecule has 1 atom stereocenters. The third-order valence-corrected chi connectivity index (χ3v) is 5.66. The van der Waals surface area contributed by atoms with Gasteiger partial charge in [-0.1, -0.05) is 33.3 Å². The van der Waals surface area contributed by atoms with Crippen molar-refractivity contribution in [1.82, 2.24) is 10.0 Å². The summed E-state index contributed by atoms with van der Waals surface area (Å²) in [5.74, 6) is 0. The molecule has 1 unspecified atom stereocenters. The average Bonchev–Trinajstić information content (AvgIpc) is 2.37. The minimum atomic E-state index is -3.50. The summed E-state index contributed by atoms with van der Waals surface area (Å²) in [7, 11) is -3.50. The second kappa shape index (κ2) is 8.27. The molecule has 1 aromatic rings. The highest BCUT2D eigenvalue weighted by molar-refractivity contribution is 9.10. The molecule has 0 bridgehead atoms. The Kier molecular flexibility index (Phi) is 7.33. The van der Waals surface area contributed by atoms with Crippen molar-refractivity contribution in [3.63, 3.8) is 0 Å². The van der Waals surface area contributed by atoms with E-state index < -0.39 is 10.0 Å². The van der Waals surface area contributed by atoms with Crippen molar-refractivity contribution >= 4 is 26.0 Å². The van der Waals surface area contributed by atoms with Crippen LogP contribution in [0.2, 0.25) is 0 Å². The molecule has 6 heteroatoms. The van der Waals surface area contributed by atoms with Crippen LogP contribution in [-0.4, -0.2) is 20.5 Å². The lowest BCUT2D eigenvalue weighted by molar-refractivity contribution is 0.543. The minimum Gasteiger partial charge on any atom is -0.310 e. The van der Waals surface area contributed by atoms with Crippen molar-refractivity contribution in [2.24, 2.45) is 0 Å². The molecule has 0 radical (unpaired) electrons. The molecule has 1 rings (SSSR count). The fraction of sp³-hybridized carbons (Fsp3) is 0.600. The van der Waals surface area contributed by atoms with Crippen molar-refractivity contribution in [3.05, 3.63) is 28.2 Å². The average molecular weight is 377 g/mol. The Morgan fingerprint density at radius 1 is 1.24 bits per heavy atom. The Hall–Kier alpha value is -0.430. The molecule has 2 N–H and O–H groups in total. The number of benzene rings is 1. The Bertz CT molecular complexity index is 559. The molecule has 0 heterocycles. The first-order valence-corrected chi connectivity index (χ1v) is 9.58. The first-order valence-electron chi connectivity index (χ1n) is 7.30. The van der Waals surface area contributed by atoms with Gasteiger partial charge in [0.2, 0.25) is 10.0 Å². The van der Waals surface area contributed by atoms with Crippen molar-refractivity contribution in [3.8, 4) is 0 Å². The van der Waals surface area contributed by atoms with Crippen LogP contribution in [0.15, 0.2) is 27.6 Å². The van der Waals surface area contributed by atoms with E-state index >= 15 is 0 Å². The van der Waals surface area contributed by atoms with Crippen LogP contribution in [0.25, 0.3) is 0 Å². The van der Waals surface area contributed by atoms with Crippen LogP contribution >= 0.6 is 15.9 Å². The zero-order valence-corrected chi connectivity index (χ0v) is 15.5. The predicted octanol–water partition coefficient (Wildman–Crippen LogP) is 3.41. The predicted molar refractivity (Wildman–Crippen MR) is 90.8 cm³/mol. The van der Waals surface area contributed by atoms with Gasteiger partial charge in [-0.3, -0.25) is 0 Å². The summed E-state index contributed by atoms with van der Waals surface area (Å²) in [5.41, 5.74) is 0.954. The Morgan fingerprint density at radius 2 is 1.90 bits per heavy atom. The molecule has 0 aliphatic carbocycles. The summed E-state index contributed by atoms with van der Waals surface area (Å²) in [6.07, 6.45) is 1.77. The zero-order chi connectivity index (χ0) is 16.0. The van der Waals surface area contributed by atoms with E-state index in [9.17, 15) is 8.42 Å². The van der Waals surface area contributed by atoms with Gasteiger partial charge in [0, 0.05) is 23.1 Å². The van der Waals surface area contributed by atoms with Gasteiger partial charge in [-0.25, -0.2) is 13.1 Å². The van der Waals surface area contributed by atoms with Crippen LogP contribution in [0.5, 0.6) is 0 Å². The van der Waals surface area contributed by atoms with Crippen LogP contribution in [0, 0.1) is 0 Å². The lowest BCUT2D eigenvalue weighted by Gasteiger charge is -2.15. The largest absolute Gasteiger partial charge is 0.310 e. The van der Waals surface area contributed by atoms with Gasteiger partial charge < -0.3 is 5.32 Å². The maximum Gasteiger partial charge on any atom is 0.241 e. The first kappa shape index (κ1) is 18.6. The van der Waals surface area contributed by atoms with E-state index in [1.54, 1.807) is 12.1 Å². The molecular weight excluding hydrogens is 352 g/mol. The Labute approximate surface area is 136 Å². The van der Waals surface area contributed by atoms with Gasteiger partial charge in [0.15, 0.2) is 0 Å². The lowest BCUT2D eigenvalue weighted by atomic mass is 10.2. The quantitative estimate of drug-likeness (QED) is 0.730. The second-order valence-electron chi connectivity index (χ2n) is 5.61. The fourth-order valence-electron chi connectivity index (χ4n) is 2.01. The number of sulfonamides is 1. The molecule has 120 valence electrons. The molecular formula is C15H25BrN2O2S. The summed E-state index contributed by atoms with van der Waals surface area (Å²) in [6, 6.07) is 5.73. The van der Waals surface area contributed by atoms with Crippen molar-refractivity contribution < 1.29 is 8.42 Å². The van der Waals surface area contributed by atoms with E-state index in [1.165, 1.54) is 0 Å². The molecule has 4 nitrogen and oxygen atoms in total. The Balaban J connectivity index is 2.96. The van der Waals surface area contributed by atoms with E-state index in [4.69, 9.17) is 0 Å². The van der Waals surface area contributed by atoms with E-state index in [-0.39, 0.29) is 6.04 Å². The number of halogens is 1. The van der Waals surface area contributed by atoms with Crippen LogP contribution in [0.4, 0.5) is 0 Å². The van der Waals surface area contributed by atoms with E-state index in [1.807, 2.05) is 19.9 Å². The van der Waals surface area contributed by atoms with Gasteiger partial charge in [0.25, 0.3) is 0 Å². The van der Waals surface area contributed by atoms with E-state index in [0.29, 0.717) is 22.0 Å². The lowest BCUT2D eigenvalue weighted by Crippen LogP contribution is -2.32. The smallest absolute Gasteiger partial charge is 0.241 e. The maximum atomic E-state index is 12.5. The summed E-state index contributed by atoms with van der Waals surface area (Å²) in [5, 5.41) is 3.29. The molecule has 0 spiro atoms. The summed E-state index contributed by atoms with van der Waals surface area (Å²) >= 11 is 3.34. The normalized spacial score (nSPS) is 13.6. The number of hydrogen-bond donors (Lipinski definition) is 2. The fourth-order valence-corrected chi connectivity index (χ4v) is 4.30. The first-order chi connectivity index (χ1) is 9.76. The van der Waals surface area contributed by atoms with Gasteiger partial charge in [-0.05, 0) is 47.0 Å². The van der Waals surface area contributed by atoms with Crippen molar-refractivity contribution in [1.29, 1.82) is 0 Å². The molecule has 0 saturated carbocycles. The molecule has 0 aromatic heterocycles. The van der Waals surface area contributed by atoms with Gasteiger partial charge in [-0.15, -0.1) is 0 Å². The minimum absolute atomic E-state index is 0.0654. The summed E-state index contributed by atoms with van der Waals surface area (Å²) < 4.78 is 28.3. The third kappa shape index (κ3) is 6.06. The summed E-state index contributed by atoms with van der Waals surface area (Å²) in [6.45, 7) is 8.70. The third-order valence-electron chi connectivity index (χ3n) is 3.08. The van der Waals surface area contributed by atoms with Gasteiger partial charge >= 0.3 is 0 Å². The molecule has 0 fully saturated rings. The molecule has 0 amide bonds. The topological polar surface area (TPSA) is 58.2 Å². The number of nitrogens with one attached hydrogen (secondary N) is 2. The van der Waals surface area contributed by atoms with E-state index in [2.05, 4.69) is 39.8 Å². The molecule has 0 aliphatic rings. The highest BCUT2D eigenvalue weighted by atomic mass is 79.9. The van der Waals surface area contributed by atoms with Crippen LogP contribution < -0.4 is 10.0 Å². The molecule has 21 heavy (non-hydrogen) atoms. The monoisotopic (exact) mass is 376 g/mol. The zero-order valence-electron chi connectivity index (χ0n) is 13.1. The number of hydrogen-bond acceptors (Lipinski definition) is 3.